The van der Waals surface area contributed by atoms with Gasteiger partial charge in [-0.3, -0.25) is 4.79 Å². The van der Waals surface area contributed by atoms with E-state index in [-0.39, 0.29) is 22.6 Å². The number of amides is 1. The fourth-order valence-electron chi connectivity index (χ4n) is 1.82. The minimum Gasteiger partial charge on any atom is -0.326 e. The minimum absolute atomic E-state index is 0.0684. The maximum Gasteiger partial charge on any atom is 0.225 e. The highest BCUT2D eigenvalue weighted by Gasteiger charge is 2.12. The lowest BCUT2D eigenvalue weighted by atomic mass is 10.2. The summed E-state index contributed by atoms with van der Waals surface area (Å²) in [6, 6.07) is 6.36. The molecule has 0 radical (unpaired) electrons. The summed E-state index contributed by atoms with van der Waals surface area (Å²) in [6.45, 7) is 6.35. The zero-order chi connectivity index (χ0) is 15.2. The quantitative estimate of drug-likeness (QED) is 0.805. The lowest BCUT2D eigenvalue weighted by Crippen LogP contribution is -2.30. The summed E-state index contributed by atoms with van der Waals surface area (Å²) in [6.07, 6.45) is 0.378. The van der Waals surface area contributed by atoms with Crippen LogP contribution >= 0.6 is 0 Å². The van der Waals surface area contributed by atoms with Gasteiger partial charge in [0.1, 0.15) is 0 Å². The van der Waals surface area contributed by atoms with Crippen LogP contribution in [0.1, 0.15) is 27.2 Å². The number of nitrogens with one attached hydrogen (secondary N) is 2. The molecule has 0 aliphatic rings. The number of hydrogen-bond acceptors (Lipinski definition) is 4. The number of anilines is 1. The Balaban J connectivity index is 2.64. The minimum atomic E-state index is -3.19. The van der Waals surface area contributed by atoms with Crippen LogP contribution in [0.3, 0.4) is 0 Å². The van der Waals surface area contributed by atoms with E-state index in [0.29, 0.717) is 12.1 Å². The normalized spacial score (nSPS) is 12.9. The summed E-state index contributed by atoms with van der Waals surface area (Å²) < 4.78 is 23.3. The van der Waals surface area contributed by atoms with Crippen LogP contribution in [0.4, 0.5) is 5.69 Å². The van der Waals surface area contributed by atoms with Gasteiger partial charge in [0.2, 0.25) is 5.91 Å². The molecule has 6 heteroatoms. The SMILES string of the molecule is CCNC(C)CC(=O)Nc1ccc(S(=O)(=O)CC)cc1. The van der Waals surface area contributed by atoms with Crippen molar-refractivity contribution < 1.29 is 13.2 Å². The second kappa shape index (κ2) is 7.40. The summed E-state index contributed by atoms with van der Waals surface area (Å²) in [4.78, 5) is 12.0. The molecule has 0 aromatic heterocycles. The van der Waals surface area contributed by atoms with Crippen LogP contribution in [0, 0.1) is 0 Å². The largest absolute Gasteiger partial charge is 0.326 e. The molecule has 1 aromatic rings. The molecule has 1 aromatic carbocycles. The molecule has 0 heterocycles. The maximum absolute atomic E-state index is 11.8. The van der Waals surface area contributed by atoms with E-state index < -0.39 is 9.84 Å². The average molecular weight is 298 g/mol. The predicted molar refractivity (Wildman–Crippen MR) is 80.6 cm³/mol. The van der Waals surface area contributed by atoms with Gasteiger partial charge in [0.05, 0.1) is 10.6 Å². The Morgan fingerprint density at radius 1 is 1.20 bits per heavy atom. The van der Waals surface area contributed by atoms with E-state index >= 15 is 0 Å². The average Bonchev–Trinajstić information content (AvgIpc) is 2.39. The lowest BCUT2D eigenvalue weighted by Gasteiger charge is -2.12. The van der Waals surface area contributed by atoms with Crippen LogP contribution in [0.15, 0.2) is 29.2 Å². The number of rotatable bonds is 7. The third-order valence-corrected chi connectivity index (χ3v) is 4.67. The molecular weight excluding hydrogens is 276 g/mol. The summed E-state index contributed by atoms with van der Waals surface area (Å²) in [5.74, 6) is -0.0246. The molecule has 0 aliphatic heterocycles. The van der Waals surface area contributed by atoms with Crippen LogP contribution in [0.2, 0.25) is 0 Å². The van der Waals surface area contributed by atoms with Gasteiger partial charge in [0.15, 0.2) is 9.84 Å². The van der Waals surface area contributed by atoms with Crippen LogP contribution in [0.5, 0.6) is 0 Å². The Morgan fingerprint density at radius 2 is 1.80 bits per heavy atom. The van der Waals surface area contributed by atoms with Crippen molar-refractivity contribution in [3.8, 4) is 0 Å². The third kappa shape index (κ3) is 4.94. The molecule has 112 valence electrons. The molecule has 0 saturated carbocycles. The van der Waals surface area contributed by atoms with Gasteiger partial charge in [-0.25, -0.2) is 8.42 Å². The first-order valence-electron chi connectivity index (χ1n) is 6.75. The third-order valence-electron chi connectivity index (χ3n) is 2.92. The van der Waals surface area contributed by atoms with E-state index in [1.54, 1.807) is 19.1 Å². The van der Waals surface area contributed by atoms with Crippen LogP contribution in [-0.2, 0) is 14.6 Å². The Kier molecular flexibility index (Phi) is 6.16. The highest BCUT2D eigenvalue weighted by atomic mass is 32.2. The summed E-state index contributed by atoms with van der Waals surface area (Å²) in [7, 11) is -3.19. The number of carbonyl (C=O) groups excluding carboxylic acids is 1. The Morgan fingerprint density at radius 3 is 2.30 bits per heavy atom. The van der Waals surface area contributed by atoms with Crippen molar-refractivity contribution in [2.45, 2.75) is 38.1 Å². The van der Waals surface area contributed by atoms with E-state index in [1.165, 1.54) is 12.1 Å². The van der Waals surface area contributed by atoms with Gasteiger partial charge in [0.25, 0.3) is 0 Å². The maximum atomic E-state index is 11.8. The summed E-state index contributed by atoms with van der Waals surface area (Å²) >= 11 is 0. The van der Waals surface area contributed by atoms with Gasteiger partial charge in [-0.2, -0.15) is 0 Å². The van der Waals surface area contributed by atoms with E-state index in [2.05, 4.69) is 10.6 Å². The predicted octanol–water partition coefficient (Wildman–Crippen LogP) is 1.81. The second-order valence-corrected chi connectivity index (χ2v) is 6.92. The van der Waals surface area contributed by atoms with Crippen LogP contribution < -0.4 is 10.6 Å². The van der Waals surface area contributed by atoms with Crippen LogP contribution in [-0.4, -0.2) is 32.7 Å². The van der Waals surface area contributed by atoms with Gasteiger partial charge in [-0.1, -0.05) is 13.8 Å². The van der Waals surface area contributed by atoms with Crippen molar-refractivity contribution in [3.05, 3.63) is 24.3 Å². The lowest BCUT2D eigenvalue weighted by molar-refractivity contribution is -0.116. The highest BCUT2D eigenvalue weighted by molar-refractivity contribution is 7.91. The molecule has 0 fully saturated rings. The van der Waals surface area contributed by atoms with E-state index in [9.17, 15) is 13.2 Å². The van der Waals surface area contributed by atoms with Crippen molar-refractivity contribution in [2.75, 3.05) is 17.6 Å². The molecule has 0 aliphatic carbocycles. The number of hydrogen-bond donors (Lipinski definition) is 2. The number of sulfone groups is 1. The first kappa shape index (κ1) is 16.7. The molecule has 0 saturated heterocycles. The van der Waals surface area contributed by atoms with Gasteiger partial charge in [-0.05, 0) is 37.7 Å². The molecule has 1 amide bonds. The van der Waals surface area contributed by atoms with E-state index in [1.807, 2.05) is 13.8 Å². The first-order chi connectivity index (χ1) is 9.39. The molecule has 0 bridgehead atoms. The Hall–Kier alpha value is -1.40. The molecular formula is C14H22N2O3S. The topological polar surface area (TPSA) is 75.3 Å². The molecule has 0 spiro atoms. The van der Waals surface area contributed by atoms with Gasteiger partial charge >= 0.3 is 0 Å². The van der Waals surface area contributed by atoms with E-state index in [4.69, 9.17) is 0 Å². The second-order valence-electron chi connectivity index (χ2n) is 4.64. The summed E-state index contributed by atoms with van der Waals surface area (Å²) in [5.41, 5.74) is 0.605. The van der Waals surface area contributed by atoms with E-state index in [0.717, 1.165) is 6.54 Å². The van der Waals surface area contributed by atoms with Crippen molar-refractivity contribution in [1.82, 2.24) is 5.32 Å². The van der Waals surface area contributed by atoms with Crippen LogP contribution in [0.25, 0.3) is 0 Å². The smallest absolute Gasteiger partial charge is 0.225 e. The monoisotopic (exact) mass is 298 g/mol. The molecule has 5 nitrogen and oxygen atoms in total. The Labute approximate surface area is 120 Å². The number of carbonyl (C=O) groups is 1. The van der Waals surface area contributed by atoms with Crippen molar-refractivity contribution in [2.24, 2.45) is 0 Å². The zero-order valence-electron chi connectivity index (χ0n) is 12.1. The zero-order valence-corrected chi connectivity index (χ0v) is 13.0. The fourth-order valence-corrected chi connectivity index (χ4v) is 2.71. The van der Waals surface area contributed by atoms with Gasteiger partial charge in [0, 0.05) is 18.2 Å². The van der Waals surface area contributed by atoms with Gasteiger partial charge in [-0.15, -0.1) is 0 Å². The molecule has 1 atom stereocenters. The standard InChI is InChI=1S/C14H22N2O3S/c1-4-15-11(3)10-14(17)16-12-6-8-13(9-7-12)20(18,19)5-2/h6-9,11,15H,4-5,10H2,1-3H3,(H,16,17). The summed E-state index contributed by atoms with van der Waals surface area (Å²) in [5, 5.41) is 5.91. The molecule has 2 N–H and O–H groups in total. The molecule has 1 unspecified atom stereocenters. The Bertz CT molecular complexity index is 538. The first-order valence-corrected chi connectivity index (χ1v) is 8.40. The van der Waals surface area contributed by atoms with Crippen molar-refractivity contribution in [1.29, 1.82) is 0 Å². The van der Waals surface area contributed by atoms with Gasteiger partial charge < -0.3 is 10.6 Å². The molecule has 20 heavy (non-hydrogen) atoms. The highest BCUT2D eigenvalue weighted by Crippen LogP contribution is 2.15. The molecule has 1 rings (SSSR count). The fraction of sp³-hybridized carbons (Fsp3) is 0.500. The van der Waals surface area contributed by atoms with Crippen molar-refractivity contribution >= 4 is 21.4 Å². The number of benzene rings is 1. The van der Waals surface area contributed by atoms with Crippen molar-refractivity contribution in [3.63, 3.8) is 0 Å².